The third-order valence-corrected chi connectivity index (χ3v) is 4.67. The van der Waals surface area contributed by atoms with Crippen LogP contribution in [0.4, 0.5) is 5.69 Å². The summed E-state index contributed by atoms with van der Waals surface area (Å²) in [7, 11) is -3.83. The Balaban J connectivity index is 2.35. The second kappa shape index (κ2) is 6.00. The summed E-state index contributed by atoms with van der Waals surface area (Å²) in [6.07, 6.45) is 1.14. The number of hydrogen-bond donors (Lipinski definition) is 2. The third-order valence-electron chi connectivity index (χ3n) is 2.45. The van der Waals surface area contributed by atoms with Crippen molar-refractivity contribution in [3.8, 4) is 0 Å². The number of pyridine rings is 1. The molecule has 2 rings (SSSR count). The number of halogens is 2. The molecule has 0 spiro atoms. The lowest BCUT2D eigenvalue weighted by molar-refractivity contribution is 0.0696. The molecular weight excluding hydrogens is 384 g/mol. The lowest BCUT2D eigenvalue weighted by atomic mass is 10.3. The molecule has 0 aliphatic carbocycles. The Hall–Kier alpha value is -1.64. The zero-order valence-electron chi connectivity index (χ0n) is 10.2. The smallest absolute Gasteiger partial charge is 0.338 e. The normalized spacial score (nSPS) is 11.1. The summed E-state index contributed by atoms with van der Waals surface area (Å²) in [6, 6.07) is 7.09. The lowest BCUT2D eigenvalue weighted by Gasteiger charge is -2.09. The summed E-state index contributed by atoms with van der Waals surface area (Å²) in [5.74, 6) is -1.29. The SMILES string of the molecule is O=C(O)c1cc(NS(=O)(=O)c2ccc(Br)cc2)cnc1Cl. The first-order valence-corrected chi connectivity index (χ1v) is 8.12. The number of nitrogens with zero attached hydrogens (tertiary/aromatic N) is 1. The summed E-state index contributed by atoms with van der Waals surface area (Å²) in [4.78, 5) is 14.6. The van der Waals surface area contributed by atoms with E-state index in [1.807, 2.05) is 0 Å². The Morgan fingerprint density at radius 3 is 2.48 bits per heavy atom. The second-order valence-electron chi connectivity index (χ2n) is 3.93. The van der Waals surface area contributed by atoms with Crippen LogP contribution in [-0.4, -0.2) is 24.5 Å². The molecule has 21 heavy (non-hydrogen) atoms. The van der Waals surface area contributed by atoms with Gasteiger partial charge in [-0.2, -0.15) is 0 Å². The Labute approximate surface area is 134 Å². The zero-order chi connectivity index (χ0) is 15.6. The Kier molecular flexibility index (Phi) is 4.50. The van der Waals surface area contributed by atoms with Gasteiger partial charge in [-0.1, -0.05) is 27.5 Å². The Bertz CT molecular complexity index is 793. The van der Waals surface area contributed by atoms with Gasteiger partial charge < -0.3 is 5.11 Å². The van der Waals surface area contributed by atoms with E-state index in [4.69, 9.17) is 16.7 Å². The van der Waals surface area contributed by atoms with Gasteiger partial charge in [0.15, 0.2) is 0 Å². The highest BCUT2D eigenvalue weighted by Gasteiger charge is 2.17. The van der Waals surface area contributed by atoms with Crippen molar-refractivity contribution in [3.05, 3.63) is 51.7 Å². The molecule has 9 heteroatoms. The number of sulfonamides is 1. The molecule has 0 saturated heterocycles. The number of rotatable bonds is 4. The molecule has 0 saturated carbocycles. The van der Waals surface area contributed by atoms with Gasteiger partial charge in [-0.25, -0.2) is 18.2 Å². The van der Waals surface area contributed by atoms with Crippen molar-refractivity contribution >= 4 is 49.2 Å². The quantitative estimate of drug-likeness (QED) is 0.781. The number of aromatic carboxylic acids is 1. The van der Waals surface area contributed by atoms with Crippen LogP contribution < -0.4 is 4.72 Å². The number of carboxylic acid groups (broad SMARTS) is 1. The molecule has 0 radical (unpaired) electrons. The summed E-state index contributed by atoms with van der Waals surface area (Å²) >= 11 is 8.83. The monoisotopic (exact) mass is 390 g/mol. The number of hydrogen-bond acceptors (Lipinski definition) is 4. The number of aromatic nitrogens is 1. The second-order valence-corrected chi connectivity index (χ2v) is 6.88. The third kappa shape index (κ3) is 3.72. The van der Waals surface area contributed by atoms with Crippen molar-refractivity contribution < 1.29 is 18.3 Å². The van der Waals surface area contributed by atoms with Crippen LogP contribution in [0.15, 0.2) is 45.9 Å². The van der Waals surface area contributed by atoms with Crippen molar-refractivity contribution in [2.75, 3.05) is 4.72 Å². The van der Waals surface area contributed by atoms with Crippen LogP contribution in [0.1, 0.15) is 10.4 Å². The molecule has 0 amide bonds. The fourth-order valence-electron chi connectivity index (χ4n) is 1.48. The van der Waals surface area contributed by atoms with Gasteiger partial charge in [-0.15, -0.1) is 0 Å². The molecular formula is C12H8BrClN2O4S. The van der Waals surface area contributed by atoms with Crippen molar-refractivity contribution in [3.63, 3.8) is 0 Å². The van der Waals surface area contributed by atoms with E-state index >= 15 is 0 Å². The predicted molar refractivity (Wildman–Crippen MR) is 81.2 cm³/mol. The Morgan fingerprint density at radius 2 is 1.90 bits per heavy atom. The van der Waals surface area contributed by atoms with E-state index in [2.05, 4.69) is 25.6 Å². The summed E-state index contributed by atoms with van der Waals surface area (Å²) in [6.45, 7) is 0. The van der Waals surface area contributed by atoms with Gasteiger partial charge in [0.05, 0.1) is 22.3 Å². The molecule has 0 unspecified atom stereocenters. The van der Waals surface area contributed by atoms with Gasteiger partial charge in [-0.05, 0) is 30.3 Å². The molecule has 2 N–H and O–H groups in total. The molecule has 2 aromatic rings. The van der Waals surface area contributed by atoms with Crippen LogP contribution in [0.2, 0.25) is 5.15 Å². The lowest BCUT2D eigenvalue weighted by Crippen LogP contribution is -2.13. The molecule has 1 heterocycles. The fourth-order valence-corrected chi connectivity index (χ4v) is 2.96. The zero-order valence-corrected chi connectivity index (χ0v) is 13.4. The Morgan fingerprint density at radius 1 is 1.29 bits per heavy atom. The minimum atomic E-state index is -3.83. The maximum atomic E-state index is 12.1. The highest BCUT2D eigenvalue weighted by Crippen LogP contribution is 2.21. The van der Waals surface area contributed by atoms with Gasteiger partial charge >= 0.3 is 5.97 Å². The molecule has 1 aromatic heterocycles. The molecule has 0 aliphatic heterocycles. The van der Waals surface area contributed by atoms with E-state index < -0.39 is 16.0 Å². The maximum Gasteiger partial charge on any atom is 0.338 e. The largest absolute Gasteiger partial charge is 0.478 e. The van der Waals surface area contributed by atoms with E-state index in [9.17, 15) is 13.2 Å². The topological polar surface area (TPSA) is 96.4 Å². The molecule has 110 valence electrons. The van der Waals surface area contributed by atoms with Gasteiger partial charge in [0.2, 0.25) is 0 Å². The number of anilines is 1. The van der Waals surface area contributed by atoms with E-state index in [1.165, 1.54) is 12.1 Å². The van der Waals surface area contributed by atoms with Crippen molar-refractivity contribution in [1.82, 2.24) is 4.98 Å². The molecule has 0 atom stereocenters. The van der Waals surface area contributed by atoms with Crippen LogP contribution in [0.3, 0.4) is 0 Å². The average Bonchev–Trinajstić information content (AvgIpc) is 2.41. The van der Waals surface area contributed by atoms with E-state index in [-0.39, 0.29) is 21.3 Å². The highest BCUT2D eigenvalue weighted by molar-refractivity contribution is 9.10. The molecule has 0 aliphatic rings. The minimum absolute atomic E-state index is 0.0136. The summed E-state index contributed by atoms with van der Waals surface area (Å²) < 4.78 is 27.3. The van der Waals surface area contributed by atoms with Gasteiger partial charge in [0, 0.05) is 4.47 Å². The van der Waals surface area contributed by atoms with Crippen LogP contribution in [0, 0.1) is 0 Å². The molecule has 0 bridgehead atoms. The fraction of sp³-hybridized carbons (Fsp3) is 0. The van der Waals surface area contributed by atoms with Gasteiger partial charge in [0.25, 0.3) is 10.0 Å². The average molecular weight is 392 g/mol. The number of carboxylic acids is 1. The number of carbonyl (C=O) groups is 1. The van der Waals surface area contributed by atoms with Crippen LogP contribution in [0.5, 0.6) is 0 Å². The first-order valence-electron chi connectivity index (χ1n) is 5.47. The summed E-state index contributed by atoms with van der Waals surface area (Å²) in [5.41, 5.74) is -0.271. The first kappa shape index (κ1) is 15.7. The molecule has 0 fully saturated rings. The maximum absolute atomic E-state index is 12.1. The predicted octanol–water partition coefficient (Wildman–Crippen LogP) is 3.00. The van der Waals surface area contributed by atoms with Crippen molar-refractivity contribution in [2.45, 2.75) is 4.90 Å². The highest BCUT2D eigenvalue weighted by atomic mass is 79.9. The molecule has 6 nitrogen and oxygen atoms in total. The van der Waals surface area contributed by atoms with Crippen LogP contribution in [0.25, 0.3) is 0 Å². The van der Waals surface area contributed by atoms with Crippen LogP contribution >= 0.6 is 27.5 Å². The summed E-state index contributed by atoms with van der Waals surface area (Å²) in [5, 5.41) is 8.72. The minimum Gasteiger partial charge on any atom is -0.478 e. The number of nitrogens with one attached hydrogen (secondary N) is 1. The number of benzene rings is 1. The van der Waals surface area contributed by atoms with E-state index in [1.54, 1.807) is 12.1 Å². The van der Waals surface area contributed by atoms with E-state index in [0.29, 0.717) is 0 Å². The van der Waals surface area contributed by atoms with Crippen molar-refractivity contribution in [1.29, 1.82) is 0 Å². The van der Waals surface area contributed by atoms with E-state index in [0.717, 1.165) is 16.7 Å². The standard InChI is InChI=1S/C12H8BrClN2O4S/c13-7-1-3-9(4-2-7)21(19,20)16-8-5-10(12(17)18)11(14)15-6-8/h1-6,16H,(H,17,18). The van der Waals surface area contributed by atoms with Crippen molar-refractivity contribution in [2.24, 2.45) is 0 Å². The van der Waals surface area contributed by atoms with Gasteiger partial charge in [0.1, 0.15) is 5.15 Å². The first-order chi connectivity index (χ1) is 9.79. The molecule has 1 aromatic carbocycles. The van der Waals surface area contributed by atoms with Gasteiger partial charge in [-0.3, -0.25) is 4.72 Å². The van der Waals surface area contributed by atoms with Crippen LogP contribution in [-0.2, 0) is 10.0 Å².